The van der Waals surface area contributed by atoms with E-state index in [0.29, 0.717) is 13.0 Å². The standard InChI is InChI=1S/C21H25F3N2O/c1-2-26(16-14-21(22,23)24)20(27)25-15-13-19(17-9-5-3-6-10-17)18-11-7-4-8-12-18/h3-12,19H,2,13-16H2,1H3,(H,25,27). The second-order valence-electron chi connectivity index (χ2n) is 6.34. The zero-order chi connectivity index (χ0) is 19.7. The number of halogens is 3. The Kier molecular flexibility index (Phi) is 7.70. The largest absolute Gasteiger partial charge is 0.390 e. The van der Waals surface area contributed by atoms with E-state index in [9.17, 15) is 18.0 Å². The number of nitrogens with one attached hydrogen (secondary N) is 1. The Morgan fingerprint density at radius 1 is 1.00 bits per heavy atom. The summed E-state index contributed by atoms with van der Waals surface area (Å²) >= 11 is 0. The normalized spacial score (nSPS) is 11.4. The summed E-state index contributed by atoms with van der Waals surface area (Å²) in [4.78, 5) is 13.4. The van der Waals surface area contributed by atoms with E-state index in [1.54, 1.807) is 6.92 Å². The van der Waals surface area contributed by atoms with Crippen LogP contribution < -0.4 is 5.32 Å². The van der Waals surface area contributed by atoms with Crippen molar-refractivity contribution in [1.82, 2.24) is 10.2 Å². The van der Waals surface area contributed by atoms with Crippen molar-refractivity contribution in [3.05, 3.63) is 71.8 Å². The van der Waals surface area contributed by atoms with Gasteiger partial charge in [-0.15, -0.1) is 0 Å². The predicted octanol–water partition coefficient (Wildman–Crippen LogP) is 5.19. The molecular weight excluding hydrogens is 353 g/mol. The molecule has 3 nitrogen and oxygen atoms in total. The van der Waals surface area contributed by atoms with E-state index < -0.39 is 18.6 Å². The maximum atomic E-state index is 12.4. The molecular formula is C21H25F3N2O. The van der Waals surface area contributed by atoms with Crippen molar-refractivity contribution in [3.8, 4) is 0 Å². The van der Waals surface area contributed by atoms with E-state index in [1.165, 1.54) is 4.90 Å². The van der Waals surface area contributed by atoms with Crippen LogP contribution in [-0.4, -0.2) is 36.7 Å². The second-order valence-corrected chi connectivity index (χ2v) is 6.34. The number of rotatable bonds is 8. The molecule has 2 aromatic carbocycles. The van der Waals surface area contributed by atoms with Crippen molar-refractivity contribution in [2.24, 2.45) is 0 Å². The first-order valence-corrected chi connectivity index (χ1v) is 9.10. The van der Waals surface area contributed by atoms with Crippen molar-refractivity contribution in [2.45, 2.75) is 31.9 Å². The molecule has 0 bridgehead atoms. The third-order valence-electron chi connectivity index (χ3n) is 4.45. The van der Waals surface area contributed by atoms with Gasteiger partial charge in [0.2, 0.25) is 0 Å². The van der Waals surface area contributed by atoms with E-state index in [2.05, 4.69) is 5.32 Å². The van der Waals surface area contributed by atoms with Gasteiger partial charge in [-0.1, -0.05) is 60.7 Å². The minimum atomic E-state index is -4.26. The number of carbonyl (C=O) groups excluding carboxylic acids is 1. The highest BCUT2D eigenvalue weighted by molar-refractivity contribution is 5.74. The molecule has 0 heterocycles. The Morgan fingerprint density at radius 2 is 1.52 bits per heavy atom. The first-order valence-electron chi connectivity index (χ1n) is 9.10. The number of amides is 2. The molecule has 0 fully saturated rings. The van der Waals surface area contributed by atoms with Crippen LogP contribution in [0.15, 0.2) is 60.7 Å². The van der Waals surface area contributed by atoms with Crippen LogP contribution in [0, 0.1) is 0 Å². The molecule has 2 amide bonds. The van der Waals surface area contributed by atoms with Gasteiger partial charge in [-0.25, -0.2) is 4.79 Å². The number of alkyl halides is 3. The molecule has 0 radical (unpaired) electrons. The minimum Gasteiger partial charge on any atom is -0.338 e. The fourth-order valence-electron chi connectivity index (χ4n) is 3.00. The highest BCUT2D eigenvalue weighted by Crippen LogP contribution is 2.27. The molecule has 2 rings (SSSR count). The predicted molar refractivity (Wildman–Crippen MR) is 101 cm³/mol. The first kappa shape index (κ1) is 20.8. The SMILES string of the molecule is CCN(CCC(F)(F)F)C(=O)NCCC(c1ccccc1)c1ccccc1. The summed E-state index contributed by atoms with van der Waals surface area (Å²) in [5.74, 6) is 0.109. The fraction of sp³-hybridized carbons (Fsp3) is 0.381. The highest BCUT2D eigenvalue weighted by Gasteiger charge is 2.28. The van der Waals surface area contributed by atoms with Crippen LogP contribution in [0.25, 0.3) is 0 Å². The van der Waals surface area contributed by atoms with Crippen LogP contribution in [-0.2, 0) is 0 Å². The molecule has 27 heavy (non-hydrogen) atoms. The summed E-state index contributed by atoms with van der Waals surface area (Å²) in [6, 6.07) is 19.5. The molecule has 0 aliphatic rings. The lowest BCUT2D eigenvalue weighted by Gasteiger charge is -2.23. The first-order chi connectivity index (χ1) is 12.9. The number of benzene rings is 2. The van der Waals surface area contributed by atoms with Gasteiger partial charge in [0, 0.05) is 25.6 Å². The van der Waals surface area contributed by atoms with E-state index in [1.807, 2.05) is 60.7 Å². The lowest BCUT2D eigenvalue weighted by Crippen LogP contribution is -2.42. The van der Waals surface area contributed by atoms with Crippen LogP contribution in [0.4, 0.5) is 18.0 Å². The molecule has 0 atom stereocenters. The number of nitrogens with zero attached hydrogens (tertiary/aromatic N) is 1. The van der Waals surface area contributed by atoms with Gasteiger partial charge < -0.3 is 10.2 Å². The van der Waals surface area contributed by atoms with Crippen molar-refractivity contribution in [1.29, 1.82) is 0 Å². The van der Waals surface area contributed by atoms with Gasteiger partial charge in [-0.05, 0) is 24.5 Å². The molecule has 0 unspecified atom stereocenters. The molecule has 0 saturated carbocycles. The average molecular weight is 378 g/mol. The molecule has 146 valence electrons. The van der Waals surface area contributed by atoms with Crippen LogP contribution in [0.2, 0.25) is 0 Å². The van der Waals surface area contributed by atoms with Gasteiger partial charge in [-0.3, -0.25) is 0 Å². The maximum Gasteiger partial charge on any atom is 0.390 e. The average Bonchev–Trinajstić information content (AvgIpc) is 2.66. The van der Waals surface area contributed by atoms with Crippen LogP contribution >= 0.6 is 0 Å². The zero-order valence-electron chi connectivity index (χ0n) is 15.4. The molecule has 0 aliphatic carbocycles. The smallest absolute Gasteiger partial charge is 0.338 e. The number of urea groups is 1. The third kappa shape index (κ3) is 6.96. The van der Waals surface area contributed by atoms with E-state index in [4.69, 9.17) is 0 Å². The third-order valence-corrected chi connectivity index (χ3v) is 4.45. The van der Waals surface area contributed by atoms with Gasteiger partial charge in [0.05, 0.1) is 6.42 Å². The van der Waals surface area contributed by atoms with Crippen molar-refractivity contribution < 1.29 is 18.0 Å². The number of hydrogen-bond donors (Lipinski definition) is 1. The quantitative estimate of drug-likeness (QED) is 0.673. The molecule has 0 spiro atoms. The minimum absolute atomic E-state index is 0.109. The van der Waals surface area contributed by atoms with Gasteiger partial charge in [0.15, 0.2) is 0 Å². The Balaban J connectivity index is 1.96. The van der Waals surface area contributed by atoms with Crippen molar-refractivity contribution in [3.63, 3.8) is 0 Å². The lowest BCUT2D eigenvalue weighted by atomic mass is 9.88. The monoisotopic (exact) mass is 378 g/mol. The molecule has 0 saturated heterocycles. The maximum absolute atomic E-state index is 12.4. The molecule has 0 aromatic heterocycles. The Labute approximate surface area is 158 Å². The van der Waals surface area contributed by atoms with Crippen molar-refractivity contribution >= 4 is 6.03 Å². The summed E-state index contributed by atoms with van der Waals surface area (Å²) in [6.45, 7) is 1.97. The fourth-order valence-corrected chi connectivity index (χ4v) is 3.00. The van der Waals surface area contributed by atoms with Gasteiger partial charge >= 0.3 is 12.2 Å². The van der Waals surface area contributed by atoms with Gasteiger partial charge in [0.1, 0.15) is 0 Å². The summed E-state index contributed by atoms with van der Waals surface area (Å²) in [7, 11) is 0. The lowest BCUT2D eigenvalue weighted by molar-refractivity contribution is -0.136. The Morgan fingerprint density at radius 3 is 1.96 bits per heavy atom. The topological polar surface area (TPSA) is 32.3 Å². The number of hydrogen-bond acceptors (Lipinski definition) is 1. The molecule has 0 aliphatic heterocycles. The van der Waals surface area contributed by atoms with E-state index in [0.717, 1.165) is 11.1 Å². The summed E-state index contributed by atoms with van der Waals surface area (Å²) in [6.07, 6.45) is -4.60. The van der Waals surface area contributed by atoms with E-state index in [-0.39, 0.29) is 19.0 Å². The van der Waals surface area contributed by atoms with Crippen LogP contribution in [0.5, 0.6) is 0 Å². The summed E-state index contributed by atoms with van der Waals surface area (Å²) < 4.78 is 37.2. The Hall–Kier alpha value is -2.50. The molecule has 6 heteroatoms. The van der Waals surface area contributed by atoms with E-state index >= 15 is 0 Å². The summed E-state index contributed by atoms with van der Waals surface area (Å²) in [5, 5.41) is 2.76. The Bertz CT molecular complexity index is 650. The van der Waals surface area contributed by atoms with Gasteiger partial charge in [-0.2, -0.15) is 13.2 Å². The summed E-state index contributed by atoms with van der Waals surface area (Å²) in [5.41, 5.74) is 2.28. The second kappa shape index (κ2) is 10.00. The van der Waals surface area contributed by atoms with Crippen LogP contribution in [0.1, 0.15) is 36.8 Å². The number of carbonyl (C=O) groups is 1. The van der Waals surface area contributed by atoms with Gasteiger partial charge in [0.25, 0.3) is 0 Å². The zero-order valence-corrected chi connectivity index (χ0v) is 15.4. The highest BCUT2D eigenvalue weighted by atomic mass is 19.4. The van der Waals surface area contributed by atoms with Crippen LogP contribution in [0.3, 0.4) is 0 Å². The molecule has 1 N–H and O–H groups in total. The van der Waals surface area contributed by atoms with Crippen molar-refractivity contribution in [2.75, 3.05) is 19.6 Å². The molecule has 2 aromatic rings.